The number of rotatable bonds is 3. The van der Waals surface area contributed by atoms with E-state index in [1.54, 1.807) is 17.5 Å². The van der Waals surface area contributed by atoms with Gasteiger partial charge in [0, 0.05) is 28.6 Å². The molecule has 0 aliphatic carbocycles. The summed E-state index contributed by atoms with van der Waals surface area (Å²) in [5.41, 5.74) is 8.11. The van der Waals surface area contributed by atoms with Crippen molar-refractivity contribution in [2.24, 2.45) is 0 Å². The second-order valence-electron chi connectivity index (χ2n) is 4.29. The highest BCUT2D eigenvalue weighted by Gasteiger charge is 2.06. The number of nitrogen functional groups attached to an aromatic ring is 1. The van der Waals surface area contributed by atoms with Gasteiger partial charge < -0.3 is 11.1 Å². The summed E-state index contributed by atoms with van der Waals surface area (Å²) in [5.74, 6) is 0.529. The van der Waals surface area contributed by atoms with E-state index in [0.29, 0.717) is 11.6 Å². The lowest BCUT2D eigenvalue weighted by Gasteiger charge is -2.06. The number of aryl methyl sites for hydroxylation is 1. The van der Waals surface area contributed by atoms with Gasteiger partial charge in [-0.3, -0.25) is 0 Å². The minimum absolute atomic E-state index is 0.529. The Hall–Kier alpha value is -2.47. The van der Waals surface area contributed by atoms with Crippen molar-refractivity contribution in [3.8, 4) is 10.7 Å². The summed E-state index contributed by atoms with van der Waals surface area (Å²) in [4.78, 5) is 14.2. The van der Waals surface area contributed by atoms with E-state index in [2.05, 4.69) is 20.3 Å². The van der Waals surface area contributed by atoms with Crippen molar-refractivity contribution in [3.63, 3.8) is 0 Å². The van der Waals surface area contributed by atoms with Crippen LogP contribution < -0.4 is 11.1 Å². The van der Waals surface area contributed by atoms with Crippen molar-refractivity contribution in [1.29, 1.82) is 0 Å². The molecule has 0 unspecified atom stereocenters. The zero-order chi connectivity index (χ0) is 13.9. The standard InChI is InChI=1S/C14H13N5S/c1-9-8-17-13(20-9)12-5-6-16-14(19-12)18-11-4-2-3-10(15)7-11/h2-8H,15H2,1H3,(H,16,18,19). The van der Waals surface area contributed by atoms with Gasteiger partial charge in [0.2, 0.25) is 5.95 Å². The fraction of sp³-hybridized carbons (Fsp3) is 0.0714. The SMILES string of the molecule is Cc1cnc(-c2ccnc(Nc3cccc(N)c3)n2)s1. The quantitative estimate of drug-likeness (QED) is 0.722. The molecule has 3 N–H and O–H groups in total. The number of nitrogens with one attached hydrogen (secondary N) is 1. The number of hydrogen-bond donors (Lipinski definition) is 2. The van der Waals surface area contributed by atoms with Gasteiger partial charge in [-0.25, -0.2) is 15.0 Å². The normalized spacial score (nSPS) is 10.4. The minimum atomic E-state index is 0.529. The molecule has 2 aromatic heterocycles. The van der Waals surface area contributed by atoms with E-state index in [1.807, 2.05) is 43.5 Å². The first kappa shape index (κ1) is 12.6. The maximum absolute atomic E-state index is 5.75. The molecule has 0 aliphatic heterocycles. The van der Waals surface area contributed by atoms with E-state index in [0.717, 1.165) is 21.3 Å². The monoisotopic (exact) mass is 283 g/mol. The van der Waals surface area contributed by atoms with E-state index >= 15 is 0 Å². The minimum Gasteiger partial charge on any atom is -0.399 e. The molecule has 1 aromatic carbocycles. The fourth-order valence-corrected chi connectivity index (χ4v) is 2.49. The third kappa shape index (κ3) is 2.75. The average molecular weight is 283 g/mol. The first-order chi connectivity index (χ1) is 9.70. The highest BCUT2D eigenvalue weighted by molar-refractivity contribution is 7.14. The molecule has 0 aliphatic rings. The molecule has 6 heteroatoms. The van der Waals surface area contributed by atoms with E-state index < -0.39 is 0 Å². The van der Waals surface area contributed by atoms with E-state index in [-0.39, 0.29) is 0 Å². The number of anilines is 3. The van der Waals surface area contributed by atoms with Crippen LogP contribution in [-0.2, 0) is 0 Å². The van der Waals surface area contributed by atoms with Crippen LogP contribution in [0.15, 0.2) is 42.7 Å². The Kier molecular flexibility index (Phi) is 3.30. The molecule has 0 saturated carbocycles. The Bertz CT molecular complexity index is 738. The van der Waals surface area contributed by atoms with Gasteiger partial charge >= 0.3 is 0 Å². The van der Waals surface area contributed by atoms with Crippen LogP contribution in [0.3, 0.4) is 0 Å². The van der Waals surface area contributed by atoms with Crippen LogP contribution >= 0.6 is 11.3 Å². The third-order valence-electron chi connectivity index (χ3n) is 2.64. The summed E-state index contributed by atoms with van der Waals surface area (Å²) in [6.45, 7) is 2.02. The first-order valence-corrected chi connectivity index (χ1v) is 6.91. The summed E-state index contributed by atoms with van der Waals surface area (Å²) in [5, 5.41) is 4.03. The zero-order valence-electron chi connectivity index (χ0n) is 10.9. The van der Waals surface area contributed by atoms with Gasteiger partial charge in [0.1, 0.15) is 10.7 Å². The van der Waals surface area contributed by atoms with Crippen LogP contribution in [0.1, 0.15) is 4.88 Å². The maximum Gasteiger partial charge on any atom is 0.227 e. The number of thiazole rings is 1. The zero-order valence-corrected chi connectivity index (χ0v) is 11.7. The predicted molar refractivity (Wildman–Crippen MR) is 82.0 cm³/mol. The Morgan fingerprint density at radius 2 is 2.10 bits per heavy atom. The van der Waals surface area contributed by atoms with Gasteiger partial charge in [0.15, 0.2) is 0 Å². The molecule has 0 saturated heterocycles. The maximum atomic E-state index is 5.75. The van der Waals surface area contributed by atoms with Gasteiger partial charge in [0.25, 0.3) is 0 Å². The summed E-state index contributed by atoms with van der Waals surface area (Å²) >= 11 is 1.61. The molecular formula is C14H13N5S. The molecule has 0 radical (unpaired) electrons. The molecule has 2 heterocycles. The van der Waals surface area contributed by atoms with Crippen molar-refractivity contribution in [2.45, 2.75) is 6.92 Å². The van der Waals surface area contributed by atoms with E-state index in [1.165, 1.54) is 0 Å². The molecule has 0 bridgehead atoms. The lowest BCUT2D eigenvalue weighted by Crippen LogP contribution is -1.98. The molecule has 0 atom stereocenters. The topological polar surface area (TPSA) is 76.7 Å². The van der Waals surface area contributed by atoms with Crippen LogP contribution in [0.5, 0.6) is 0 Å². The second kappa shape index (κ2) is 5.26. The van der Waals surface area contributed by atoms with Gasteiger partial charge in [-0.15, -0.1) is 11.3 Å². The summed E-state index contributed by atoms with van der Waals surface area (Å²) in [6, 6.07) is 9.32. The number of hydrogen-bond acceptors (Lipinski definition) is 6. The van der Waals surface area contributed by atoms with Crippen molar-refractivity contribution < 1.29 is 0 Å². The Balaban J connectivity index is 1.88. The summed E-state index contributed by atoms with van der Waals surface area (Å²) < 4.78 is 0. The van der Waals surface area contributed by atoms with Crippen molar-refractivity contribution >= 4 is 28.7 Å². The largest absolute Gasteiger partial charge is 0.399 e. The van der Waals surface area contributed by atoms with Crippen molar-refractivity contribution in [2.75, 3.05) is 11.1 Å². The third-order valence-corrected chi connectivity index (χ3v) is 3.57. The highest BCUT2D eigenvalue weighted by atomic mass is 32.1. The Morgan fingerprint density at radius 3 is 2.85 bits per heavy atom. The van der Waals surface area contributed by atoms with Crippen molar-refractivity contribution in [1.82, 2.24) is 15.0 Å². The Labute approximate surface area is 120 Å². The van der Waals surface area contributed by atoms with Crippen LogP contribution in [0, 0.1) is 6.92 Å². The average Bonchev–Trinajstić information content (AvgIpc) is 2.86. The molecule has 100 valence electrons. The molecule has 0 amide bonds. The lowest BCUT2D eigenvalue weighted by molar-refractivity contribution is 1.16. The van der Waals surface area contributed by atoms with Crippen LogP contribution in [0.25, 0.3) is 10.7 Å². The van der Waals surface area contributed by atoms with Crippen molar-refractivity contribution in [3.05, 3.63) is 47.6 Å². The molecule has 3 rings (SSSR count). The van der Waals surface area contributed by atoms with Crippen LogP contribution in [0.4, 0.5) is 17.3 Å². The number of nitrogens with two attached hydrogens (primary N) is 1. The molecular weight excluding hydrogens is 270 g/mol. The molecule has 3 aromatic rings. The predicted octanol–water partition coefficient (Wildman–Crippen LogP) is 3.23. The molecule has 5 nitrogen and oxygen atoms in total. The van der Waals surface area contributed by atoms with Gasteiger partial charge in [-0.1, -0.05) is 6.07 Å². The van der Waals surface area contributed by atoms with Gasteiger partial charge in [-0.2, -0.15) is 0 Å². The van der Waals surface area contributed by atoms with Crippen LogP contribution in [0.2, 0.25) is 0 Å². The Morgan fingerprint density at radius 1 is 1.20 bits per heavy atom. The van der Waals surface area contributed by atoms with Crippen LogP contribution in [-0.4, -0.2) is 15.0 Å². The molecule has 0 fully saturated rings. The lowest BCUT2D eigenvalue weighted by atomic mass is 10.3. The number of nitrogens with zero attached hydrogens (tertiary/aromatic N) is 3. The fourth-order valence-electron chi connectivity index (χ4n) is 1.76. The summed E-state index contributed by atoms with van der Waals surface area (Å²) in [7, 11) is 0. The molecule has 20 heavy (non-hydrogen) atoms. The summed E-state index contributed by atoms with van der Waals surface area (Å²) in [6.07, 6.45) is 3.56. The van der Waals surface area contributed by atoms with E-state index in [9.17, 15) is 0 Å². The van der Waals surface area contributed by atoms with E-state index in [4.69, 9.17) is 5.73 Å². The van der Waals surface area contributed by atoms with Gasteiger partial charge in [0.05, 0.1) is 0 Å². The second-order valence-corrected chi connectivity index (χ2v) is 5.53. The first-order valence-electron chi connectivity index (χ1n) is 6.09. The van der Waals surface area contributed by atoms with Gasteiger partial charge in [-0.05, 0) is 31.2 Å². The smallest absolute Gasteiger partial charge is 0.227 e. The number of benzene rings is 1. The highest BCUT2D eigenvalue weighted by Crippen LogP contribution is 2.24. The molecule has 0 spiro atoms. The number of aromatic nitrogens is 3.